The largest absolute Gasteiger partial charge is 0.493 e. The molecule has 2 rings (SSSR count). The SMILES string of the molecule is Cc1ccc(F)c2c1OCC[C@H]2O. The maximum atomic E-state index is 13.3. The summed E-state index contributed by atoms with van der Waals surface area (Å²) in [5.41, 5.74) is 1.18. The van der Waals surface area contributed by atoms with E-state index in [1.54, 1.807) is 6.07 Å². The van der Waals surface area contributed by atoms with Gasteiger partial charge >= 0.3 is 0 Å². The van der Waals surface area contributed by atoms with Crippen LogP contribution in [-0.4, -0.2) is 11.7 Å². The van der Waals surface area contributed by atoms with Gasteiger partial charge in [-0.3, -0.25) is 0 Å². The number of fused-ring (bicyclic) bond motifs is 1. The zero-order valence-electron chi connectivity index (χ0n) is 7.38. The van der Waals surface area contributed by atoms with Gasteiger partial charge in [-0.05, 0) is 18.6 Å². The molecule has 0 spiro atoms. The van der Waals surface area contributed by atoms with Crippen molar-refractivity contribution in [1.29, 1.82) is 0 Å². The second-order valence-electron chi connectivity index (χ2n) is 3.26. The minimum absolute atomic E-state index is 0.311. The van der Waals surface area contributed by atoms with Crippen LogP contribution in [0.3, 0.4) is 0 Å². The number of rotatable bonds is 0. The van der Waals surface area contributed by atoms with Gasteiger partial charge in [0.15, 0.2) is 0 Å². The topological polar surface area (TPSA) is 29.5 Å². The molecule has 1 N–H and O–H groups in total. The monoisotopic (exact) mass is 182 g/mol. The summed E-state index contributed by atoms with van der Waals surface area (Å²) < 4.78 is 18.6. The van der Waals surface area contributed by atoms with Crippen LogP contribution in [0.15, 0.2) is 12.1 Å². The van der Waals surface area contributed by atoms with Crippen LogP contribution in [-0.2, 0) is 0 Å². The zero-order valence-corrected chi connectivity index (χ0v) is 7.38. The minimum Gasteiger partial charge on any atom is -0.493 e. The van der Waals surface area contributed by atoms with Gasteiger partial charge in [0.05, 0.1) is 18.3 Å². The molecule has 1 aromatic carbocycles. The average molecular weight is 182 g/mol. The lowest BCUT2D eigenvalue weighted by molar-refractivity contribution is 0.110. The summed E-state index contributed by atoms with van der Waals surface area (Å²) in [4.78, 5) is 0. The fourth-order valence-electron chi connectivity index (χ4n) is 1.60. The summed E-state index contributed by atoms with van der Waals surface area (Å²) in [5, 5.41) is 9.55. The molecular weight excluding hydrogens is 171 g/mol. The third kappa shape index (κ3) is 1.29. The van der Waals surface area contributed by atoms with Gasteiger partial charge in [-0.1, -0.05) is 6.07 Å². The van der Waals surface area contributed by atoms with Gasteiger partial charge in [-0.2, -0.15) is 0 Å². The molecule has 0 amide bonds. The Kier molecular flexibility index (Phi) is 1.96. The molecular formula is C10H11FO2. The molecule has 1 aliphatic heterocycles. The van der Waals surface area contributed by atoms with Crippen LogP contribution in [0.5, 0.6) is 5.75 Å². The van der Waals surface area contributed by atoms with Crippen LogP contribution < -0.4 is 4.74 Å². The van der Waals surface area contributed by atoms with Gasteiger partial charge in [0.25, 0.3) is 0 Å². The van der Waals surface area contributed by atoms with Crippen molar-refractivity contribution >= 4 is 0 Å². The molecule has 0 unspecified atom stereocenters. The lowest BCUT2D eigenvalue weighted by Crippen LogP contribution is -2.16. The molecule has 70 valence electrons. The maximum absolute atomic E-state index is 13.3. The fraction of sp³-hybridized carbons (Fsp3) is 0.400. The van der Waals surface area contributed by atoms with Crippen LogP contribution in [0.2, 0.25) is 0 Å². The Labute approximate surface area is 76.0 Å². The van der Waals surface area contributed by atoms with E-state index in [0.29, 0.717) is 24.3 Å². The number of aliphatic hydroxyl groups is 1. The molecule has 2 nitrogen and oxygen atoms in total. The Morgan fingerprint density at radius 1 is 1.54 bits per heavy atom. The molecule has 0 radical (unpaired) electrons. The molecule has 1 aromatic rings. The van der Waals surface area contributed by atoms with Crippen LogP contribution in [0, 0.1) is 12.7 Å². The van der Waals surface area contributed by atoms with Crippen molar-refractivity contribution in [3.8, 4) is 5.75 Å². The van der Waals surface area contributed by atoms with Crippen LogP contribution in [0.4, 0.5) is 4.39 Å². The van der Waals surface area contributed by atoms with Gasteiger partial charge in [-0.25, -0.2) is 4.39 Å². The molecule has 0 fully saturated rings. The Morgan fingerprint density at radius 3 is 3.00 bits per heavy atom. The zero-order chi connectivity index (χ0) is 9.42. The average Bonchev–Trinajstić information content (AvgIpc) is 2.12. The molecule has 3 heteroatoms. The predicted molar refractivity (Wildman–Crippen MR) is 46.2 cm³/mol. The van der Waals surface area contributed by atoms with Gasteiger partial charge in [-0.15, -0.1) is 0 Å². The van der Waals surface area contributed by atoms with E-state index in [0.717, 1.165) is 5.56 Å². The first-order valence-electron chi connectivity index (χ1n) is 4.30. The molecule has 13 heavy (non-hydrogen) atoms. The Balaban J connectivity index is 2.60. The Hall–Kier alpha value is -1.09. The van der Waals surface area contributed by atoms with Crippen molar-refractivity contribution in [1.82, 2.24) is 0 Å². The molecule has 0 saturated carbocycles. The van der Waals surface area contributed by atoms with Crippen LogP contribution in [0.1, 0.15) is 23.7 Å². The molecule has 0 bridgehead atoms. The first-order valence-corrected chi connectivity index (χ1v) is 4.30. The van der Waals surface area contributed by atoms with Crippen molar-refractivity contribution in [3.63, 3.8) is 0 Å². The Bertz CT molecular complexity index is 336. The molecule has 1 heterocycles. The summed E-state index contributed by atoms with van der Waals surface area (Å²) in [6.07, 6.45) is -0.253. The second-order valence-corrected chi connectivity index (χ2v) is 3.26. The maximum Gasteiger partial charge on any atom is 0.132 e. The number of benzene rings is 1. The highest BCUT2D eigenvalue weighted by atomic mass is 19.1. The lowest BCUT2D eigenvalue weighted by atomic mass is 10.00. The molecule has 0 saturated heterocycles. The molecule has 1 aliphatic rings. The van der Waals surface area contributed by atoms with Gasteiger partial charge in [0.2, 0.25) is 0 Å². The second kappa shape index (κ2) is 3.00. The number of hydrogen-bond acceptors (Lipinski definition) is 2. The van der Waals surface area contributed by atoms with E-state index in [1.807, 2.05) is 6.92 Å². The molecule has 0 aromatic heterocycles. The van der Waals surface area contributed by atoms with Crippen molar-refractivity contribution in [2.75, 3.05) is 6.61 Å². The van der Waals surface area contributed by atoms with Gasteiger partial charge in [0, 0.05) is 6.42 Å². The third-order valence-corrected chi connectivity index (χ3v) is 2.31. The standard InChI is InChI=1S/C10H11FO2/c1-6-2-3-7(11)9-8(12)4-5-13-10(6)9/h2-3,8,12H,4-5H2,1H3/t8-/m1/s1. The molecule has 0 aliphatic carbocycles. The Morgan fingerprint density at radius 2 is 2.31 bits per heavy atom. The smallest absolute Gasteiger partial charge is 0.132 e. The highest BCUT2D eigenvalue weighted by molar-refractivity contribution is 5.44. The number of aryl methyl sites for hydroxylation is 1. The van der Waals surface area contributed by atoms with Gasteiger partial charge < -0.3 is 9.84 Å². The van der Waals surface area contributed by atoms with Crippen molar-refractivity contribution in [2.45, 2.75) is 19.4 Å². The molecule has 1 atom stereocenters. The van der Waals surface area contributed by atoms with Crippen molar-refractivity contribution in [2.24, 2.45) is 0 Å². The number of hydrogen-bond donors (Lipinski definition) is 1. The number of ether oxygens (including phenoxy) is 1. The van der Waals surface area contributed by atoms with E-state index >= 15 is 0 Å². The van der Waals surface area contributed by atoms with Crippen LogP contribution in [0.25, 0.3) is 0 Å². The third-order valence-electron chi connectivity index (χ3n) is 2.31. The summed E-state index contributed by atoms with van der Waals surface area (Å²) in [5.74, 6) is 0.131. The lowest BCUT2D eigenvalue weighted by Gasteiger charge is -2.23. The summed E-state index contributed by atoms with van der Waals surface area (Å²) in [6, 6.07) is 3.03. The predicted octanol–water partition coefficient (Wildman–Crippen LogP) is 1.95. The van der Waals surface area contributed by atoms with Crippen molar-refractivity contribution in [3.05, 3.63) is 29.1 Å². The number of aliphatic hydroxyl groups excluding tert-OH is 1. The summed E-state index contributed by atoms with van der Waals surface area (Å²) >= 11 is 0. The normalized spacial score (nSPS) is 20.7. The van der Waals surface area contributed by atoms with E-state index in [2.05, 4.69) is 0 Å². The summed E-state index contributed by atoms with van der Waals surface area (Å²) in [6.45, 7) is 2.30. The number of halogens is 1. The first kappa shape index (κ1) is 8.51. The van der Waals surface area contributed by atoms with E-state index in [9.17, 15) is 9.50 Å². The van der Waals surface area contributed by atoms with Crippen LogP contribution >= 0.6 is 0 Å². The highest BCUT2D eigenvalue weighted by Crippen LogP contribution is 2.36. The summed E-state index contributed by atoms with van der Waals surface area (Å²) in [7, 11) is 0. The van der Waals surface area contributed by atoms with Gasteiger partial charge in [0.1, 0.15) is 11.6 Å². The van der Waals surface area contributed by atoms with E-state index in [4.69, 9.17) is 4.74 Å². The van der Waals surface area contributed by atoms with E-state index in [-0.39, 0.29) is 5.82 Å². The minimum atomic E-state index is -0.719. The van der Waals surface area contributed by atoms with E-state index < -0.39 is 6.10 Å². The quantitative estimate of drug-likeness (QED) is 0.664. The van der Waals surface area contributed by atoms with Crippen molar-refractivity contribution < 1.29 is 14.2 Å². The highest BCUT2D eigenvalue weighted by Gasteiger charge is 2.24. The first-order chi connectivity index (χ1) is 6.20. The van der Waals surface area contributed by atoms with E-state index in [1.165, 1.54) is 6.07 Å². The fourth-order valence-corrected chi connectivity index (χ4v) is 1.60.